The summed E-state index contributed by atoms with van der Waals surface area (Å²) < 4.78 is 2.16. The molecule has 0 aliphatic heterocycles. The lowest BCUT2D eigenvalue weighted by molar-refractivity contribution is 0.723. The second-order valence-corrected chi connectivity index (χ2v) is 5.05. The summed E-state index contributed by atoms with van der Waals surface area (Å²) in [5.41, 5.74) is 1.23. The Balaban J connectivity index is 2.50. The van der Waals surface area contributed by atoms with Crippen molar-refractivity contribution in [2.24, 2.45) is 0 Å². The molecule has 0 saturated heterocycles. The fourth-order valence-electron chi connectivity index (χ4n) is 1.68. The van der Waals surface area contributed by atoms with Gasteiger partial charge in [0.05, 0.1) is 5.69 Å². The smallest absolute Gasteiger partial charge is 0.195 e. The van der Waals surface area contributed by atoms with Crippen LogP contribution in [0, 0.1) is 0 Å². The van der Waals surface area contributed by atoms with Gasteiger partial charge in [0, 0.05) is 31.2 Å². The molecule has 0 aliphatic rings. The number of aromatic nitrogens is 2. The number of imidazole rings is 1. The first kappa shape index (κ1) is 11.4. The Labute approximate surface area is 99.9 Å². The fraction of sp³-hybridized carbons (Fsp3) is 0.545. The van der Waals surface area contributed by atoms with Crippen molar-refractivity contribution in [3.05, 3.63) is 17.3 Å². The van der Waals surface area contributed by atoms with E-state index in [1.54, 1.807) is 11.3 Å². The van der Waals surface area contributed by atoms with Gasteiger partial charge in [0.25, 0.3) is 0 Å². The van der Waals surface area contributed by atoms with Crippen LogP contribution in [0.2, 0.25) is 0 Å². The van der Waals surface area contributed by atoms with E-state index in [0.29, 0.717) is 6.04 Å². The summed E-state index contributed by atoms with van der Waals surface area (Å²) in [5, 5.41) is 5.27. The summed E-state index contributed by atoms with van der Waals surface area (Å²) in [7, 11) is 4.06. The van der Waals surface area contributed by atoms with Crippen molar-refractivity contribution in [2.45, 2.75) is 26.4 Å². The molecule has 88 valence electrons. The first-order valence-corrected chi connectivity index (χ1v) is 6.35. The molecule has 16 heavy (non-hydrogen) atoms. The lowest BCUT2D eigenvalue weighted by atomic mass is 10.3. The first-order chi connectivity index (χ1) is 7.65. The minimum Gasteiger partial charge on any atom is -0.356 e. The number of nitrogens with zero attached hydrogens (tertiary/aromatic N) is 3. The third kappa shape index (κ3) is 1.81. The van der Waals surface area contributed by atoms with Crippen LogP contribution in [0.3, 0.4) is 0 Å². The van der Waals surface area contributed by atoms with Gasteiger partial charge in [-0.15, -0.1) is 11.3 Å². The van der Waals surface area contributed by atoms with Crippen LogP contribution in [0.15, 0.2) is 11.6 Å². The van der Waals surface area contributed by atoms with Crippen molar-refractivity contribution in [1.29, 1.82) is 0 Å². The highest BCUT2D eigenvalue weighted by Crippen LogP contribution is 2.24. The van der Waals surface area contributed by atoms with E-state index in [1.165, 1.54) is 5.69 Å². The van der Waals surface area contributed by atoms with Crippen LogP contribution in [0.4, 0.5) is 5.82 Å². The Morgan fingerprint density at radius 3 is 2.94 bits per heavy atom. The standard InChI is InChI=1S/C11H18N4S/c1-8(2)14(4)10-9(7-12-3)15-5-6-16-11(15)13-10/h5-6,8,12H,7H2,1-4H3. The molecule has 0 radical (unpaired) electrons. The van der Waals surface area contributed by atoms with Crippen molar-refractivity contribution < 1.29 is 0 Å². The molecule has 0 bridgehead atoms. The highest BCUT2D eigenvalue weighted by atomic mass is 32.1. The molecule has 1 N–H and O–H groups in total. The topological polar surface area (TPSA) is 32.6 Å². The van der Waals surface area contributed by atoms with Crippen molar-refractivity contribution in [3.8, 4) is 0 Å². The van der Waals surface area contributed by atoms with Crippen LogP contribution >= 0.6 is 11.3 Å². The number of hydrogen-bond donors (Lipinski definition) is 1. The SMILES string of the molecule is CNCc1c(N(C)C(C)C)nc2sccn12. The number of hydrogen-bond acceptors (Lipinski definition) is 4. The lowest BCUT2D eigenvalue weighted by Crippen LogP contribution is -2.27. The summed E-state index contributed by atoms with van der Waals surface area (Å²) in [6, 6.07) is 0.459. The summed E-state index contributed by atoms with van der Waals surface area (Å²) >= 11 is 1.67. The van der Waals surface area contributed by atoms with Gasteiger partial charge in [-0.25, -0.2) is 4.98 Å². The van der Waals surface area contributed by atoms with Crippen LogP contribution < -0.4 is 10.2 Å². The van der Waals surface area contributed by atoms with Gasteiger partial charge in [0.1, 0.15) is 0 Å². The van der Waals surface area contributed by atoms with Crippen molar-refractivity contribution in [1.82, 2.24) is 14.7 Å². The molecule has 2 aromatic rings. The molecule has 0 aromatic carbocycles. The predicted octanol–water partition coefficient (Wildman–Crippen LogP) is 1.96. The molecule has 4 nitrogen and oxygen atoms in total. The van der Waals surface area contributed by atoms with Gasteiger partial charge in [-0.05, 0) is 20.9 Å². The highest BCUT2D eigenvalue weighted by molar-refractivity contribution is 7.15. The number of thiazole rings is 1. The third-order valence-corrected chi connectivity index (χ3v) is 3.55. The largest absolute Gasteiger partial charge is 0.356 e. The molecule has 0 unspecified atom stereocenters. The Hall–Kier alpha value is -1.07. The Kier molecular flexibility index (Phi) is 3.16. The predicted molar refractivity (Wildman–Crippen MR) is 69.4 cm³/mol. The van der Waals surface area contributed by atoms with Gasteiger partial charge < -0.3 is 10.2 Å². The maximum Gasteiger partial charge on any atom is 0.195 e. The molecule has 0 fully saturated rings. The molecule has 0 atom stereocenters. The summed E-state index contributed by atoms with van der Waals surface area (Å²) in [6.45, 7) is 5.19. The number of nitrogens with one attached hydrogen (secondary N) is 1. The Bertz CT molecular complexity index is 471. The van der Waals surface area contributed by atoms with Gasteiger partial charge in [-0.2, -0.15) is 0 Å². The second-order valence-electron chi connectivity index (χ2n) is 4.17. The van der Waals surface area contributed by atoms with Gasteiger partial charge in [-0.3, -0.25) is 4.40 Å². The molecule has 0 spiro atoms. The molecule has 0 saturated carbocycles. The van der Waals surface area contributed by atoms with E-state index in [0.717, 1.165) is 17.3 Å². The maximum atomic E-state index is 4.68. The van der Waals surface area contributed by atoms with Crippen LogP contribution in [0.25, 0.3) is 4.96 Å². The molecule has 0 amide bonds. The van der Waals surface area contributed by atoms with Crippen molar-refractivity contribution in [3.63, 3.8) is 0 Å². The van der Waals surface area contributed by atoms with E-state index in [-0.39, 0.29) is 0 Å². The summed E-state index contributed by atoms with van der Waals surface area (Å²) in [4.78, 5) is 7.96. The number of fused-ring (bicyclic) bond motifs is 1. The fourth-order valence-corrected chi connectivity index (χ4v) is 2.41. The van der Waals surface area contributed by atoms with Crippen molar-refractivity contribution in [2.75, 3.05) is 19.0 Å². The van der Waals surface area contributed by atoms with Crippen LogP contribution in [-0.4, -0.2) is 29.5 Å². The molecule has 2 heterocycles. The average molecular weight is 238 g/mol. The maximum absolute atomic E-state index is 4.68. The van der Waals surface area contributed by atoms with Gasteiger partial charge >= 0.3 is 0 Å². The number of anilines is 1. The summed E-state index contributed by atoms with van der Waals surface area (Å²) in [5.74, 6) is 1.08. The molecule has 0 aliphatic carbocycles. The average Bonchev–Trinajstić information content (AvgIpc) is 2.79. The second kappa shape index (κ2) is 4.43. The van der Waals surface area contributed by atoms with E-state index < -0.39 is 0 Å². The molecule has 5 heteroatoms. The van der Waals surface area contributed by atoms with Gasteiger partial charge in [-0.1, -0.05) is 0 Å². The van der Waals surface area contributed by atoms with Crippen LogP contribution in [0.5, 0.6) is 0 Å². The summed E-state index contributed by atoms with van der Waals surface area (Å²) in [6.07, 6.45) is 2.08. The van der Waals surface area contributed by atoms with E-state index >= 15 is 0 Å². The first-order valence-electron chi connectivity index (χ1n) is 5.47. The Morgan fingerprint density at radius 1 is 1.56 bits per heavy atom. The van der Waals surface area contributed by atoms with Crippen LogP contribution in [0.1, 0.15) is 19.5 Å². The lowest BCUT2D eigenvalue weighted by Gasteiger charge is -2.22. The van der Waals surface area contributed by atoms with E-state index in [9.17, 15) is 0 Å². The van der Waals surface area contributed by atoms with Crippen LogP contribution in [-0.2, 0) is 6.54 Å². The van der Waals surface area contributed by atoms with Gasteiger partial charge in [0.15, 0.2) is 10.8 Å². The zero-order valence-electron chi connectivity index (χ0n) is 10.2. The quantitative estimate of drug-likeness (QED) is 0.884. The zero-order chi connectivity index (χ0) is 11.7. The Morgan fingerprint density at radius 2 is 2.31 bits per heavy atom. The van der Waals surface area contributed by atoms with Crippen molar-refractivity contribution >= 4 is 22.1 Å². The molecule has 2 aromatic heterocycles. The van der Waals surface area contributed by atoms with Gasteiger partial charge in [0.2, 0.25) is 0 Å². The molecular weight excluding hydrogens is 220 g/mol. The monoisotopic (exact) mass is 238 g/mol. The third-order valence-electron chi connectivity index (χ3n) is 2.79. The minimum absolute atomic E-state index is 0.459. The molecular formula is C11H18N4S. The molecule has 2 rings (SSSR count). The normalized spacial score (nSPS) is 11.6. The van der Waals surface area contributed by atoms with E-state index in [2.05, 4.69) is 52.1 Å². The zero-order valence-corrected chi connectivity index (χ0v) is 11.0. The van der Waals surface area contributed by atoms with E-state index in [4.69, 9.17) is 0 Å². The van der Waals surface area contributed by atoms with E-state index in [1.807, 2.05) is 7.05 Å². The number of rotatable bonds is 4. The minimum atomic E-state index is 0.459. The highest BCUT2D eigenvalue weighted by Gasteiger charge is 2.17.